The normalized spacial score (nSPS) is 12.2. The fourth-order valence-electron chi connectivity index (χ4n) is 2.59. The molecule has 142 valence electrons. The molecule has 1 atom stereocenters. The van der Waals surface area contributed by atoms with Crippen LogP contribution in [-0.4, -0.2) is 29.3 Å². The van der Waals surface area contributed by atoms with Gasteiger partial charge in [0.25, 0.3) is 5.91 Å². The van der Waals surface area contributed by atoms with Crippen molar-refractivity contribution >= 4 is 11.8 Å². The maximum atomic E-state index is 12.9. The minimum atomic E-state index is -0.166. The summed E-state index contributed by atoms with van der Waals surface area (Å²) in [6.45, 7) is 10.3. The van der Waals surface area contributed by atoms with Gasteiger partial charge in [0.05, 0.1) is 18.4 Å². The van der Waals surface area contributed by atoms with Crippen LogP contribution in [0.4, 0.5) is 0 Å². The molecule has 2 rings (SSSR count). The Morgan fingerprint density at radius 2 is 1.96 bits per heavy atom. The van der Waals surface area contributed by atoms with E-state index in [2.05, 4.69) is 19.2 Å². The van der Waals surface area contributed by atoms with Crippen LogP contribution in [-0.2, 0) is 11.3 Å². The van der Waals surface area contributed by atoms with Crippen LogP contribution >= 0.6 is 0 Å². The maximum Gasteiger partial charge on any atom is 0.257 e. The zero-order chi connectivity index (χ0) is 19.3. The van der Waals surface area contributed by atoms with Crippen molar-refractivity contribution in [2.45, 2.75) is 53.6 Å². The van der Waals surface area contributed by atoms with Crippen LogP contribution in [0.1, 0.15) is 54.8 Å². The van der Waals surface area contributed by atoms with E-state index in [1.165, 1.54) is 0 Å². The minimum absolute atomic E-state index is 0.0662. The van der Waals surface area contributed by atoms with Crippen molar-refractivity contribution in [1.82, 2.24) is 10.2 Å². The lowest BCUT2D eigenvalue weighted by molar-refractivity contribution is -0.122. The van der Waals surface area contributed by atoms with Gasteiger partial charge in [-0.05, 0) is 44.9 Å². The molecule has 0 radical (unpaired) electrons. The number of rotatable bonds is 8. The molecule has 0 aliphatic carbocycles. The van der Waals surface area contributed by atoms with Gasteiger partial charge in [0.1, 0.15) is 17.3 Å². The van der Waals surface area contributed by atoms with E-state index < -0.39 is 0 Å². The maximum absolute atomic E-state index is 12.9. The van der Waals surface area contributed by atoms with Crippen LogP contribution in [0.2, 0.25) is 0 Å². The highest BCUT2D eigenvalue weighted by Gasteiger charge is 2.22. The molecule has 6 heteroatoms. The summed E-state index contributed by atoms with van der Waals surface area (Å²) in [6, 6.07) is 5.42. The number of hydrogen-bond acceptors (Lipinski definition) is 4. The van der Waals surface area contributed by atoms with Crippen molar-refractivity contribution in [1.29, 1.82) is 0 Å². The molecular weight excluding hydrogens is 332 g/mol. The zero-order valence-electron chi connectivity index (χ0n) is 16.2. The second kappa shape index (κ2) is 8.74. The van der Waals surface area contributed by atoms with Gasteiger partial charge in [-0.25, -0.2) is 0 Å². The first kappa shape index (κ1) is 19.8. The van der Waals surface area contributed by atoms with E-state index >= 15 is 0 Å². The second-order valence-electron chi connectivity index (χ2n) is 6.98. The molecule has 1 N–H and O–H groups in total. The van der Waals surface area contributed by atoms with Crippen molar-refractivity contribution in [3.63, 3.8) is 0 Å². The molecule has 0 aliphatic heterocycles. The van der Waals surface area contributed by atoms with Crippen molar-refractivity contribution in [2.75, 3.05) is 6.54 Å². The van der Waals surface area contributed by atoms with Crippen LogP contribution in [0.5, 0.6) is 0 Å². The lowest BCUT2D eigenvalue weighted by atomic mass is 10.1. The highest BCUT2D eigenvalue weighted by Crippen LogP contribution is 2.18. The third-order valence-corrected chi connectivity index (χ3v) is 4.48. The summed E-state index contributed by atoms with van der Waals surface area (Å²) in [5.41, 5.74) is 0.519. The lowest BCUT2D eigenvalue weighted by Gasteiger charge is -2.22. The van der Waals surface area contributed by atoms with Gasteiger partial charge >= 0.3 is 0 Å². The number of hydrogen-bond donors (Lipinski definition) is 1. The summed E-state index contributed by atoms with van der Waals surface area (Å²) in [5.74, 6) is 2.06. The summed E-state index contributed by atoms with van der Waals surface area (Å²) < 4.78 is 10.8. The average molecular weight is 360 g/mol. The smallest absolute Gasteiger partial charge is 0.257 e. The molecule has 0 aliphatic rings. The predicted octanol–water partition coefficient (Wildman–Crippen LogP) is 3.68. The molecule has 1 unspecified atom stereocenters. The van der Waals surface area contributed by atoms with Crippen LogP contribution in [0.3, 0.4) is 0 Å². The highest BCUT2D eigenvalue weighted by molar-refractivity contribution is 5.95. The number of amides is 2. The molecular formula is C20H28N2O4. The van der Waals surface area contributed by atoms with Crippen molar-refractivity contribution in [2.24, 2.45) is 5.92 Å². The van der Waals surface area contributed by atoms with E-state index in [0.29, 0.717) is 41.9 Å². The van der Waals surface area contributed by atoms with Gasteiger partial charge in [0.15, 0.2) is 0 Å². The van der Waals surface area contributed by atoms with Crippen molar-refractivity contribution in [3.8, 4) is 0 Å². The fourth-order valence-corrected chi connectivity index (χ4v) is 2.59. The predicted molar refractivity (Wildman–Crippen MR) is 98.7 cm³/mol. The van der Waals surface area contributed by atoms with Crippen molar-refractivity contribution in [3.05, 3.63) is 47.3 Å². The highest BCUT2D eigenvalue weighted by atomic mass is 16.3. The topological polar surface area (TPSA) is 75.7 Å². The molecule has 0 bridgehead atoms. The molecule has 26 heavy (non-hydrogen) atoms. The largest absolute Gasteiger partial charge is 0.467 e. The number of carbonyl (C=O) groups is 2. The summed E-state index contributed by atoms with van der Waals surface area (Å²) in [6.07, 6.45) is 1.81. The number of aryl methyl sites for hydroxylation is 2. The van der Waals surface area contributed by atoms with Gasteiger partial charge in [-0.3, -0.25) is 9.59 Å². The van der Waals surface area contributed by atoms with E-state index in [4.69, 9.17) is 8.83 Å². The standard InChI is InChI=1S/C20H28N2O4/c1-13(2)15(4)21-19(23)8-9-22(12-17-7-6-10-25-17)20(24)18-11-14(3)26-16(18)5/h6-7,10-11,13,15H,8-9,12H2,1-5H3,(H,21,23). The molecule has 2 aromatic rings. The Morgan fingerprint density at radius 3 is 2.50 bits per heavy atom. The second-order valence-corrected chi connectivity index (χ2v) is 6.98. The number of nitrogens with zero attached hydrogens (tertiary/aromatic N) is 1. The Hall–Kier alpha value is -2.50. The van der Waals surface area contributed by atoms with Gasteiger partial charge in [0.2, 0.25) is 5.91 Å². The van der Waals surface area contributed by atoms with Crippen molar-refractivity contribution < 1.29 is 18.4 Å². The first-order valence-electron chi connectivity index (χ1n) is 8.96. The monoisotopic (exact) mass is 360 g/mol. The first-order chi connectivity index (χ1) is 12.3. The summed E-state index contributed by atoms with van der Waals surface area (Å²) >= 11 is 0. The van der Waals surface area contributed by atoms with E-state index in [1.807, 2.05) is 13.0 Å². The van der Waals surface area contributed by atoms with E-state index in [1.54, 1.807) is 37.1 Å². The molecule has 6 nitrogen and oxygen atoms in total. The van der Waals surface area contributed by atoms with E-state index in [-0.39, 0.29) is 24.3 Å². The third-order valence-electron chi connectivity index (χ3n) is 4.48. The quantitative estimate of drug-likeness (QED) is 0.779. The molecule has 0 spiro atoms. The van der Waals surface area contributed by atoms with Crippen LogP contribution in [0, 0.1) is 19.8 Å². The van der Waals surface area contributed by atoms with Crippen LogP contribution in [0.15, 0.2) is 33.3 Å². The van der Waals surface area contributed by atoms with Gasteiger partial charge in [-0.1, -0.05) is 13.8 Å². The average Bonchev–Trinajstić information content (AvgIpc) is 3.19. The van der Waals surface area contributed by atoms with Crippen LogP contribution in [0.25, 0.3) is 0 Å². The third kappa shape index (κ3) is 5.25. The summed E-state index contributed by atoms with van der Waals surface area (Å²) in [7, 11) is 0. The Labute approximate surface area is 154 Å². The molecule has 0 saturated carbocycles. The Bertz CT molecular complexity index is 731. The van der Waals surface area contributed by atoms with Gasteiger partial charge < -0.3 is 19.1 Å². The summed E-state index contributed by atoms with van der Waals surface area (Å²) in [5, 5.41) is 2.97. The fraction of sp³-hybridized carbons (Fsp3) is 0.500. The van der Waals surface area contributed by atoms with Gasteiger partial charge in [-0.15, -0.1) is 0 Å². The number of nitrogens with one attached hydrogen (secondary N) is 1. The number of furan rings is 2. The first-order valence-corrected chi connectivity index (χ1v) is 8.96. The van der Waals surface area contributed by atoms with Gasteiger partial charge in [-0.2, -0.15) is 0 Å². The van der Waals surface area contributed by atoms with Gasteiger partial charge in [0, 0.05) is 19.0 Å². The molecule has 0 aromatic carbocycles. The Kier molecular flexibility index (Phi) is 6.66. The zero-order valence-corrected chi connectivity index (χ0v) is 16.2. The minimum Gasteiger partial charge on any atom is -0.467 e. The van der Waals surface area contributed by atoms with Crippen LogP contribution < -0.4 is 5.32 Å². The SMILES string of the molecule is Cc1cc(C(=O)N(CCC(=O)NC(C)C(C)C)Cc2ccco2)c(C)o1. The molecule has 0 fully saturated rings. The summed E-state index contributed by atoms with van der Waals surface area (Å²) in [4.78, 5) is 26.8. The van der Waals surface area contributed by atoms with E-state index in [0.717, 1.165) is 0 Å². The van der Waals surface area contributed by atoms with E-state index in [9.17, 15) is 9.59 Å². The Balaban J connectivity index is 2.07. The molecule has 2 aromatic heterocycles. The lowest BCUT2D eigenvalue weighted by Crippen LogP contribution is -2.39. The molecule has 2 amide bonds. The molecule has 2 heterocycles. The molecule has 0 saturated heterocycles. The Morgan fingerprint density at radius 1 is 1.23 bits per heavy atom. The number of carbonyl (C=O) groups excluding carboxylic acids is 2.